The number of H-pyrrole nitrogens is 1. The van der Waals surface area contributed by atoms with Crippen LogP contribution in [0.5, 0.6) is 5.75 Å². The maximum atomic E-state index is 12.2. The van der Waals surface area contributed by atoms with Gasteiger partial charge < -0.3 is 10.1 Å². The summed E-state index contributed by atoms with van der Waals surface area (Å²) in [5.41, 5.74) is 1.35. The van der Waals surface area contributed by atoms with Crippen LogP contribution in [0.15, 0.2) is 35.3 Å². The van der Waals surface area contributed by atoms with Crippen molar-refractivity contribution in [2.75, 3.05) is 12.4 Å². The molecule has 7 heteroatoms. The fraction of sp³-hybridized carbons (Fsp3) is 0.312. The van der Waals surface area contributed by atoms with Crippen molar-refractivity contribution in [3.05, 3.63) is 46.4 Å². The van der Waals surface area contributed by atoms with Crippen LogP contribution in [-0.2, 0) is 6.54 Å². The van der Waals surface area contributed by atoms with Crippen molar-refractivity contribution in [3.63, 3.8) is 0 Å². The zero-order valence-electron chi connectivity index (χ0n) is 13.3. The van der Waals surface area contributed by atoms with Gasteiger partial charge in [0, 0.05) is 18.2 Å². The molecule has 0 bridgehead atoms. The van der Waals surface area contributed by atoms with Gasteiger partial charge in [0.25, 0.3) is 5.56 Å². The van der Waals surface area contributed by atoms with Crippen LogP contribution in [0.4, 0.5) is 5.95 Å². The number of fused-ring (bicyclic) bond motifs is 1. The van der Waals surface area contributed by atoms with Crippen LogP contribution in [0, 0.1) is 0 Å². The number of hydrogen-bond donors (Lipinski definition) is 2. The van der Waals surface area contributed by atoms with E-state index >= 15 is 0 Å². The summed E-state index contributed by atoms with van der Waals surface area (Å²) in [6, 6.07) is 7.83. The number of aromatic amines is 1. The quantitative estimate of drug-likeness (QED) is 0.755. The van der Waals surface area contributed by atoms with E-state index in [1.54, 1.807) is 18.0 Å². The molecule has 0 saturated heterocycles. The van der Waals surface area contributed by atoms with Gasteiger partial charge in [-0.3, -0.25) is 9.78 Å². The Morgan fingerprint density at radius 3 is 2.87 bits per heavy atom. The molecule has 0 fully saturated rings. The third-order valence-corrected chi connectivity index (χ3v) is 3.59. The van der Waals surface area contributed by atoms with Gasteiger partial charge in [-0.25, -0.2) is 4.68 Å². The first-order chi connectivity index (χ1) is 11.1. The third-order valence-electron chi connectivity index (χ3n) is 3.59. The number of hydrogen-bond acceptors (Lipinski definition) is 5. The molecule has 7 nitrogen and oxygen atoms in total. The van der Waals surface area contributed by atoms with Crippen molar-refractivity contribution in [1.82, 2.24) is 19.7 Å². The number of rotatable bonds is 5. The second-order valence-corrected chi connectivity index (χ2v) is 5.50. The Bertz CT molecular complexity index is 882. The SMILES string of the molecule is COc1ccccc1CNc1nc2c(cnn2C(C)C)c(=O)[nH]1. The topological polar surface area (TPSA) is 84.8 Å². The number of ether oxygens (including phenoxy) is 1. The van der Waals surface area contributed by atoms with E-state index in [1.807, 2.05) is 38.1 Å². The largest absolute Gasteiger partial charge is 0.496 e. The van der Waals surface area contributed by atoms with Gasteiger partial charge in [0.1, 0.15) is 11.1 Å². The molecule has 120 valence electrons. The molecule has 0 atom stereocenters. The van der Waals surface area contributed by atoms with E-state index in [2.05, 4.69) is 20.4 Å². The molecule has 0 aliphatic rings. The van der Waals surface area contributed by atoms with Crippen molar-refractivity contribution < 1.29 is 4.74 Å². The normalized spacial score (nSPS) is 11.1. The Balaban J connectivity index is 1.91. The molecule has 0 radical (unpaired) electrons. The van der Waals surface area contributed by atoms with Crippen LogP contribution in [0.1, 0.15) is 25.5 Å². The molecule has 2 heterocycles. The fourth-order valence-electron chi connectivity index (χ4n) is 2.43. The van der Waals surface area contributed by atoms with Gasteiger partial charge in [-0.05, 0) is 19.9 Å². The summed E-state index contributed by atoms with van der Waals surface area (Å²) in [6.45, 7) is 4.49. The summed E-state index contributed by atoms with van der Waals surface area (Å²) in [5.74, 6) is 1.20. The number of methoxy groups -OCH3 is 1. The average Bonchev–Trinajstić information content (AvgIpc) is 2.98. The maximum Gasteiger partial charge on any atom is 0.263 e. The Labute approximate surface area is 133 Å². The number of benzene rings is 1. The molecular formula is C16H19N5O2. The molecule has 2 aromatic heterocycles. The highest BCUT2D eigenvalue weighted by atomic mass is 16.5. The predicted octanol–water partition coefficient (Wildman–Crippen LogP) is 2.32. The van der Waals surface area contributed by atoms with E-state index in [1.165, 1.54) is 0 Å². The number of nitrogens with one attached hydrogen (secondary N) is 2. The second-order valence-electron chi connectivity index (χ2n) is 5.50. The summed E-state index contributed by atoms with van der Waals surface area (Å²) in [6.07, 6.45) is 1.55. The molecule has 0 aliphatic carbocycles. The molecule has 23 heavy (non-hydrogen) atoms. The summed E-state index contributed by atoms with van der Waals surface area (Å²) in [5, 5.41) is 7.85. The minimum Gasteiger partial charge on any atom is -0.496 e. The van der Waals surface area contributed by atoms with Gasteiger partial charge in [-0.2, -0.15) is 10.1 Å². The van der Waals surface area contributed by atoms with Gasteiger partial charge in [0.2, 0.25) is 5.95 Å². The molecule has 0 aliphatic heterocycles. The van der Waals surface area contributed by atoms with Gasteiger partial charge in [-0.1, -0.05) is 18.2 Å². The summed E-state index contributed by atoms with van der Waals surface area (Å²) in [7, 11) is 1.63. The molecule has 2 N–H and O–H groups in total. The maximum absolute atomic E-state index is 12.2. The zero-order chi connectivity index (χ0) is 16.4. The molecule has 0 spiro atoms. The van der Waals surface area contributed by atoms with Crippen molar-refractivity contribution in [3.8, 4) is 5.75 Å². The first kappa shape index (κ1) is 15.1. The van der Waals surface area contributed by atoms with E-state index in [0.717, 1.165) is 11.3 Å². The lowest BCUT2D eigenvalue weighted by atomic mass is 10.2. The smallest absolute Gasteiger partial charge is 0.263 e. The lowest BCUT2D eigenvalue weighted by Gasteiger charge is -2.10. The number of anilines is 1. The molecule has 3 rings (SSSR count). The highest BCUT2D eigenvalue weighted by Crippen LogP contribution is 2.18. The van der Waals surface area contributed by atoms with Crippen LogP contribution < -0.4 is 15.6 Å². The van der Waals surface area contributed by atoms with Crippen molar-refractivity contribution in [1.29, 1.82) is 0 Å². The summed E-state index contributed by atoms with van der Waals surface area (Å²) in [4.78, 5) is 19.4. The molecule has 3 aromatic rings. The Morgan fingerprint density at radius 1 is 1.35 bits per heavy atom. The molecule has 0 amide bonds. The zero-order valence-corrected chi connectivity index (χ0v) is 13.3. The van der Waals surface area contributed by atoms with E-state index in [4.69, 9.17) is 4.74 Å². The van der Waals surface area contributed by atoms with E-state index in [-0.39, 0.29) is 11.6 Å². The van der Waals surface area contributed by atoms with Crippen LogP contribution in [0.25, 0.3) is 11.0 Å². The van der Waals surface area contributed by atoms with Gasteiger partial charge in [0.05, 0.1) is 13.3 Å². The standard InChI is InChI=1S/C16H19N5O2/c1-10(2)21-14-12(9-18-21)15(22)20-16(19-14)17-8-11-6-4-5-7-13(11)23-3/h4-7,9-10H,8H2,1-3H3,(H2,17,19,20,22). The first-order valence-corrected chi connectivity index (χ1v) is 7.43. The Kier molecular flexibility index (Phi) is 4.01. The minimum atomic E-state index is -0.204. The molecule has 1 aromatic carbocycles. The van der Waals surface area contributed by atoms with Crippen molar-refractivity contribution in [2.24, 2.45) is 0 Å². The van der Waals surface area contributed by atoms with Crippen LogP contribution >= 0.6 is 0 Å². The van der Waals surface area contributed by atoms with Gasteiger partial charge in [0.15, 0.2) is 5.65 Å². The predicted molar refractivity (Wildman–Crippen MR) is 88.9 cm³/mol. The lowest BCUT2D eigenvalue weighted by Crippen LogP contribution is -2.14. The first-order valence-electron chi connectivity index (χ1n) is 7.43. The highest BCUT2D eigenvalue weighted by molar-refractivity contribution is 5.74. The Hall–Kier alpha value is -2.83. The van der Waals surface area contributed by atoms with E-state index < -0.39 is 0 Å². The van der Waals surface area contributed by atoms with Crippen LogP contribution in [0.3, 0.4) is 0 Å². The second kappa shape index (κ2) is 6.12. The van der Waals surface area contributed by atoms with E-state index in [9.17, 15) is 4.79 Å². The van der Waals surface area contributed by atoms with Crippen molar-refractivity contribution in [2.45, 2.75) is 26.4 Å². The monoisotopic (exact) mass is 313 g/mol. The summed E-state index contributed by atoms with van der Waals surface area (Å²) < 4.78 is 7.05. The molecule has 0 saturated carbocycles. The molecule has 0 unspecified atom stereocenters. The van der Waals surface area contributed by atoms with E-state index in [0.29, 0.717) is 23.5 Å². The number of nitrogens with zero attached hydrogens (tertiary/aromatic N) is 3. The lowest BCUT2D eigenvalue weighted by molar-refractivity contribution is 0.410. The van der Waals surface area contributed by atoms with Gasteiger partial charge >= 0.3 is 0 Å². The highest BCUT2D eigenvalue weighted by Gasteiger charge is 2.12. The summed E-state index contributed by atoms with van der Waals surface area (Å²) >= 11 is 0. The molecular weight excluding hydrogens is 294 g/mol. The van der Waals surface area contributed by atoms with Crippen molar-refractivity contribution >= 4 is 17.0 Å². The van der Waals surface area contributed by atoms with Crippen LogP contribution in [-0.4, -0.2) is 26.9 Å². The minimum absolute atomic E-state index is 0.129. The van der Waals surface area contributed by atoms with Gasteiger partial charge in [-0.15, -0.1) is 0 Å². The van der Waals surface area contributed by atoms with Crippen LogP contribution in [0.2, 0.25) is 0 Å². The average molecular weight is 313 g/mol. The Morgan fingerprint density at radius 2 is 2.13 bits per heavy atom. The number of para-hydroxylation sites is 1. The number of aromatic nitrogens is 4. The third kappa shape index (κ3) is 2.90. The fourth-order valence-corrected chi connectivity index (χ4v) is 2.43.